The van der Waals surface area contributed by atoms with Crippen LogP contribution < -0.4 is 5.73 Å². The predicted molar refractivity (Wildman–Crippen MR) is 112 cm³/mol. The lowest BCUT2D eigenvalue weighted by Crippen LogP contribution is -2.48. The highest BCUT2D eigenvalue weighted by atomic mass is 16.1. The van der Waals surface area contributed by atoms with Gasteiger partial charge in [0.25, 0.3) is 5.91 Å². The Balaban J connectivity index is 1.28. The Morgan fingerprint density at radius 1 is 1.07 bits per heavy atom. The molecule has 1 amide bonds. The van der Waals surface area contributed by atoms with E-state index >= 15 is 0 Å². The number of rotatable bonds is 6. The number of primary amides is 1. The highest BCUT2D eigenvalue weighted by Gasteiger charge is 2.31. The number of amides is 1. The molecule has 5 nitrogen and oxygen atoms in total. The van der Waals surface area contributed by atoms with Crippen LogP contribution in [0.1, 0.15) is 53.2 Å². The van der Waals surface area contributed by atoms with E-state index in [2.05, 4.69) is 45.1 Å². The molecule has 2 fully saturated rings. The van der Waals surface area contributed by atoms with Crippen molar-refractivity contribution >= 4 is 5.91 Å². The lowest BCUT2D eigenvalue weighted by atomic mass is 9.90. The topological polar surface area (TPSA) is 65.4 Å². The first-order chi connectivity index (χ1) is 13.7. The van der Waals surface area contributed by atoms with Gasteiger partial charge in [-0.2, -0.15) is 0 Å². The summed E-state index contributed by atoms with van der Waals surface area (Å²) in [4.78, 5) is 20.2. The van der Waals surface area contributed by atoms with Crippen LogP contribution in [0, 0.1) is 0 Å². The molecule has 1 unspecified atom stereocenters. The summed E-state index contributed by atoms with van der Waals surface area (Å²) >= 11 is 0. The molecule has 2 aromatic rings. The van der Waals surface area contributed by atoms with Crippen molar-refractivity contribution in [2.75, 3.05) is 32.7 Å². The first-order valence-corrected chi connectivity index (χ1v) is 10.7. The summed E-state index contributed by atoms with van der Waals surface area (Å²) in [5.41, 5.74) is 8.69. The van der Waals surface area contributed by atoms with Gasteiger partial charge < -0.3 is 15.6 Å². The van der Waals surface area contributed by atoms with Gasteiger partial charge in [-0.15, -0.1) is 0 Å². The van der Waals surface area contributed by atoms with Crippen molar-refractivity contribution in [2.24, 2.45) is 5.73 Å². The molecule has 1 atom stereocenters. The van der Waals surface area contributed by atoms with E-state index in [0.29, 0.717) is 17.5 Å². The number of benzene rings is 1. The molecule has 3 N–H and O–H groups in total. The van der Waals surface area contributed by atoms with Gasteiger partial charge >= 0.3 is 0 Å². The second-order valence-electron chi connectivity index (χ2n) is 8.31. The summed E-state index contributed by atoms with van der Waals surface area (Å²) in [6, 6.07) is 13.3. The van der Waals surface area contributed by atoms with Crippen molar-refractivity contribution in [3.05, 3.63) is 59.4 Å². The summed E-state index contributed by atoms with van der Waals surface area (Å²) in [7, 11) is 0. The van der Waals surface area contributed by atoms with Crippen molar-refractivity contribution in [1.82, 2.24) is 14.8 Å². The molecule has 0 saturated carbocycles. The van der Waals surface area contributed by atoms with Crippen LogP contribution in [0.2, 0.25) is 0 Å². The van der Waals surface area contributed by atoms with Gasteiger partial charge in [-0.05, 0) is 63.4 Å². The molecule has 1 aromatic carbocycles. The highest BCUT2D eigenvalue weighted by molar-refractivity contribution is 5.94. The predicted octanol–water partition coefficient (Wildman–Crippen LogP) is 3.00. The van der Waals surface area contributed by atoms with Crippen molar-refractivity contribution in [1.29, 1.82) is 0 Å². The van der Waals surface area contributed by atoms with Gasteiger partial charge in [-0.3, -0.25) is 9.69 Å². The third-order valence-corrected chi connectivity index (χ3v) is 6.54. The van der Waals surface area contributed by atoms with Crippen molar-refractivity contribution in [3.63, 3.8) is 0 Å². The van der Waals surface area contributed by atoms with Crippen LogP contribution >= 0.6 is 0 Å². The molecule has 1 aromatic heterocycles. The van der Waals surface area contributed by atoms with Gasteiger partial charge in [0, 0.05) is 36.9 Å². The molecule has 2 saturated heterocycles. The molecule has 3 heterocycles. The Morgan fingerprint density at radius 3 is 2.61 bits per heavy atom. The maximum absolute atomic E-state index is 11.7. The minimum absolute atomic E-state index is 0.319. The number of nitrogens with two attached hydrogens (primary N) is 1. The quantitative estimate of drug-likeness (QED) is 0.810. The van der Waals surface area contributed by atoms with Crippen LogP contribution in [0.25, 0.3) is 0 Å². The number of aromatic nitrogens is 1. The summed E-state index contributed by atoms with van der Waals surface area (Å²) in [5, 5.41) is 0. The Hall–Kier alpha value is -2.11. The zero-order valence-corrected chi connectivity index (χ0v) is 16.6. The Bertz CT molecular complexity index is 764. The number of carbonyl (C=O) groups is 1. The molecule has 28 heavy (non-hydrogen) atoms. The standard InChI is InChI=1S/C23H32N4O/c24-23(28)21-8-12-25-22(21)19-7-4-13-27(17-19)20-10-15-26(16-11-20)14-9-18-5-2-1-3-6-18/h1-3,5-6,8,12,19-20,25H,4,7,9-11,13-17H2,(H2,24,28). The number of hydrogen-bond donors (Lipinski definition) is 2. The minimum atomic E-state index is -0.319. The molecule has 5 heteroatoms. The monoisotopic (exact) mass is 380 g/mol. The number of nitrogens with one attached hydrogen (secondary N) is 1. The molecule has 2 aliphatic rings. The molecule has 0 radical (unpaired) electrons. The first-order valence-electron chi connectivity index (χ1n) is 10.7. The number of H-pyrrole nitrogens is 1. The van der Waals surface area contributed by atoms with Crippen LogP contribution in [0.15, 0.2) is 42.6 Å². The molecule has 150 valence electrons. The van der Waals surface area contributed by atoms with Crippen LogP contribution in [0.3, 0.4) is 0 Å². The Kier molecular flexibility index (Phi) is 6.13. The largest absolute Gasteiger partial charge is 0.366 e. The smallest absolute Gasteiger partial charge is 0.250 e. The van der Waals surface area contributed by atoms with E-state index in [1.54, 1.807) is 0 Å². The summed E-state index contributed by atoms with van der Waals surface area (Å²) in [6.45, 7) is 5.75. The number of likely N-dealkylation sites (tertiary alicyclic amines) is 2. The fraction of sp³-hybridized carbons (Fsp3) is 0.522. The minimum Gasteiger partial charge on any atom is -0.366 e. The average Bonchev–Trinajstić information content (AvgIpc) is 3.24. The van der Waals surface area contributed by atoms with E-state index in [-0.39, 0.29) is 5.91 Å². The van der Waals surface area contributed by atoms with Gasteiger partial charge in [-0.1, -0.05) is 30.3 Å². The number of carbonyl (C=O) groups excluding carboxylic acids is 1. The third-order valence-electron chi connectivity index (χ3n) is 6.54. The van der Waals surface area contributed by atoms with E-state index in [1.165, 1.54) is 44.5 Å². The van der Waals surface area contributed by atoms with Gasteiger partial charge in [0.1, 0.15) is 0 Å². The van der Waals surface area contributed by atoms with Gasteiger partial charge in [0.15, 0.2) is 0 Å². The first kappa shape index (κ1) is 19.2. The molecule has 0 bridgehead atoms. The normalized spacial score (nSPS) is 22.4. The molecular weight excluding hydrogens is 348 g/mol. The lowest BCUT2D eigenvalue weighted by Gasteiger charge is -2.42. The number of hydrogen-bond acceptors (Lipinski definition) is 3. The second kappa shape index (κ2) is 8.93. The highest BCUT2D eigenvalue weighted by Crippen LogP contribution is 2.31. The van der Waals surface area contributed by atoms with E-state index < -0.39 is 0 Å². The fourth-order valence-electron chi connectivity index (χ4n) is 4.95. The van der Waals surface area contributed by atoms with Crippen LogP contribution in [0.4, 0.5) is 0 Å². The van der Waals surface area contributed by atoms with Crippen LogP contribution in [-0.2, 0) is 6.42 Å². The third kappa shape index (κ3) is 4.47. The maximum atomic E-state index is 11.7. The van der Waals surface area contributed by atoms with Crippen molar-refractivity contribution in [3.8, 4) is 0 Å². The van der Waals surface area contributed by atoms with Gasteiger partial charge in [-0.25, -0.2) is 0 Å². The fourth-order valence-corrected chi connectivity index (χ4v) is 4.95. The van der Waals surface area contributed by atoms with E-state index in [0.717, 1.165) is 31.6 Å². The molecule has 0 spiro atoms. The van der Waals surface area contributed by atoms with Gasteiger partial charge in [0.2, 0.25) is 0 Å². The SMILES string of the molecule is NC(=O)c1cc[nH]c1C1CCCN(C2CCN(CCc3ccccc3)CC2)C1. The van der Waals surface area contributed by atoms with E-state index in [9.17, 15) is 4.79 Å². The number of piperidine rings is 2. The lowest BCUT2D eigenvalue weighted by molar-refractivity contribution is 0.0845. The summed E-state index contributed by atoms with van der Waals surface area (Å²) < 4.78 is 0. The van der Waals surface area contributed by atoms with E-state index in [1.807, 2.05) is 12.3 Å². The molecule has 2 aliphatic heterocycles. The summed E-state index contributed by atoms with van der Waals surface area (Å²) in [5.74, 6) is 0.0717. The maximum Gasteiger partial charge on any atom is 0.250 e. The molecule has 4 rings (SSSR count). The number of nitrogens with zero attached hydrogens (tertiary/aromatic N) is 2. The second-order valence-corrected chi connectivity index (χ2v) is 8.31. The number of aromatic amines is 1. The van der Waals surface area contributed by atoms with Gasteiger partial charge in [0.05, 0.1) is 5.56 Å². The van der Waals surface area contributed by atoms with Crippen LogP contribution in [0.5, 0.6) is 0 Å². The molecular formula is C23H32N4O. The summed E-state index contributed by atoms with van der Waals surface area (Å²) in [6.07, 6.45) is 7.80. The Labute approximate surface area is 167 Å². The molecule has 0 aliphatic carbocycles. The Morgan fingerprint density at radius 2 is 1.86 bits per heavy atom. The van der Waals surface area contributed by atoms with E-state index in [4.69, 9.17) is 5.73 Å². The average molecular weight is 381 g/mol. The van der Waals surface area contributed by atoms with Crippen molar-refractivity contribution in [2.45, 2.75) is 44.1 Å². The zero-order valence-electron chi connectivity index (χ0n) is 16.6. The zero-order chi connectivity index (χ0) is 19.3. The van der Waals surface area contributed by atoms with Crippen molar-refractivity contribution < 1.29 is 4.79 Å². The van der Waals surface area contributed by atoms with Crippen LogP contribution in [-0.4, -0.2) is 59.5 Å².